The van der Waals surface area contributed by atoms with Gasteiger partial charge in [-0.05, 0) is 35.9 Å². The molecule has 1 amide bonds. The van der Waals surface area contributed by atoms with Crippen LogP contribution in [0.25, 0.3) is 0 Å². The van der Waals surface area contributed by atoms with Crippen molar-refractivity contribution < 1.29 is 18.3 Å². The number of anilines is 1. The second kappa shape index (κ2) is 12.1. The summed E-state index contributed by atoms with van der Waals surface area (Å²) in [6, 6.07) is 10.9. The van der Waals surface area contributed by atoms with E-state index in [0.717, 1.165) is 42.5 Å². The molecule has 0 aromatic heterocycles. The summed E-state index contributed by atoms with van der Waals surface area (Å²) >= 11 is 0. The van der Waals surface area contributed by atoms with Gasteiger partial charge >= 0.3 is 0 Å². The van der Waals surface area contributed by atoms with Gasteiger partial charge in [0.2, 0.25) is 5.91 Å². The molecule has 0 bridgehead atoms. The predicted molar refractivity (Wildman–Crippen MR) is 120 cm³/mol. The highest BCUT2D eigenvalue weighted by Crippen LogP contribution is 2.12. The number of nitrogens with zero attached hydrogens (tertiary/aromatic N) is 2. The van der Waals surface area contributed by atoms with E-state index in [2.05, 4.69) is 25.8 Å². The first-order valence-electron chi connectivity index (χ1n) is 10.6. The summed E-state index contributed by atoms with van der Waals surface area (Å²) in [7, 11) is 1.60. The number of amides is 1. The van der Waals surface area contributed by atoms with Crippen LogP contribution in [-0.2, 0) is 22.6 Å². The lowest BCUT2D eigenvalue weighted by molar-refractivity contribution is -0.116. The van der Waals surface area contributed by atoms with Crippen molar-refractivity contribution in [2.24, 2.45) is 4.99 Å². The van der Waals surface area contributed by atoms with Crippen molar-refractivity contribution in [2.45, 2.75) is 19.5 Å². The zero-order valence-electron chi connectivity index (χ0n) is 18.2. The monoisotopic (exact) mass is 445 g/mol. The number of carbonyl (C=O) groups excluding carboxylic acids is 1. The van der Waals surface area contributed by atoms with Crippen molar-refractivity contribution in [1.82, 2.24) is 15.5 Å². The molecule has 3 rings (SSSR count). The van der Waals surface area contributed by atoms with E-state index < -0.39 is 11.6 Å². The van der Waals surface area contributed by atoms with Crippen molar-refractivity contribution in [3.63, 3.8) is 0 Å². The Kier molecular flexibility index (Phi) is 8.94. The Bertz CT molecular complexity index is 932. The summed E-state index contributed by atoms with van der Waals surface area (Å²) in [5.41, 5.74) is 1.88. The molecule has 2 aromatic rings. The molecule has 1 heterocycles. The Labute approximate surface area is 186 Å². The number of rotatable bonds is 8. The summed E-state index contributed by atoms with van der Waals surface area (Å²) in [6.07, 6.45) is 0.426. The molecule has 1 saturated heterocycles. The maximum Gasteiger partial charge on any atom is 0.225 e. The number of benzene rings is 2. The van der Waals surface area contributed by atoms with Crippen LogP contribution in [0.3, 0.4) is 0 Å². The lowest BCUT2D eigenvalue weighted by Gasteiger charge is -2.26. The van der Waals surface area contributed by atoms with Crippen molar-refractivity contribution in [1.29, 1.82) is 0 Å². The Morgan fingerprint density at radius 2 is 1.88 bits per heavy atom. The third-order valence-corrected chi connectivity index (χ3v) is 5.11. The third-order valence-electron chi connectivity index (χ3n) is 5.11. The number of nitrogens with one attached hydrogen (secondary N) is 3. The first-order valence-corrected chi connectivity index (χ1v) is 10.6. The minimum atomic E-state index is -0.491. The number of halogens is 2. The van der Waals surface area contributed by atoms with Gasteiger partial charge in [0.05, 0.1) is 13.2 Å². The molecule has 0 atom stereocenters. The summed E-state index contributed by atoms with van der Waals surface area (Å²) in [5, 5.41) is 9.03. The fourth-order valence-electron chi connectivity index (χ4n) is 3.33. The highest BCUT2D eigenvalue weighted by molar-refractivity contribution is 5.90. The molecule has 7 nitrogen and oxygen atoms in total. The molecule has 1 aliphatic rings. The second-order valence-corrected chi connectivity index (χ2v) is 7.47. The van der Waals surface area contributed by atoms with E-state index in [9.17, 15) is 13.6 Å². The standard InChI is InChI=1S/C23H29F2N5O2/c1-26-23(28-16-18-14-19(24)5-6-21(18)25)27-15-17-3-2-4-20(13-17)29-22(31)7-8-30-9-11-32-12-10-30/h2-6,13-14H,7-12,15-16H2,1H3,(H,29,31)(H2,26,27,28). The number of guanidine groups is 1. The zero-order valence-corrected chi connectivity index (χ0v) is 18.2. The number of morpholine rings is 1. The average Bonchev–Trinajstić information content (AvgIpc) is 2.81. The minimum absolute atomic E-state index is 0.0313. The number of aliphatic imine (C=N–C) groups is 1. The molecule has 9 heteroatoms. The van der Waals surface area contributed by atoms with E-state index in [1.165, 1.54) is 0 Å². The number of hydrogen-bond donors (Lipinski definition) is 3. The normalized spacial score (nSPS) is 14.8. The van der Waals surface area contributed by atoms with Crippen LogP contribution in [0.2, 0.25) is 0 Å². The molecule has 3 N–H and O–H groups in total. The van der Waals surface area contributed by atoms with Crippen LogP contribution in [0.5, 0.6) is 0 Å². The van der Waals surface area contributed by atoms with Gasteiger partial charge in [-0.1, -0.05) is 12.1 Å². The summed E-state index contributed by atoms with van der Waals surface area (Å²) in [5.74, 6) is -0.550. The van der Waals surface area contributed by atoms with Crippen LogP contribution in [-0.4, -0.2) is 56.7 Å². The number of ether oxygens (including phenoxy) is 1. The van der Waals surface area contributed by atoms with Gasteiger partial charge in [0.25, 0.3) is 0 Å². The van der Waals surface area contributed by atoms with Crippen LogP contribution >= 0.6 is 0 Å². The molecule has 1 fully saturated rings. The zero-order chi connectivity index (χ0) is 22.8. The van der Waals surface area contributed by atoms with Crippen molar-refractivity contribution >= 4 is 17.6 Å². The molecule has 0 aliphatic carbocycles. The Morgan fingerprint density at radius 1 is 1.09 bits per heavy atom. The quantitative estimate of drug-likeness (QED) is 0.430. The molecule has 0 spiro atoms. The van der Waals surface area contributed by atoms with Gasteiger partial charge in [0, 0.05) is 57.4 Å². The molecule has 32 heavy (non-hydrogen) atoms. The smallest absolute Gasteiger partial charge is 0.225 e. The maximum atomic E-state index is 13.8. The highest BCUT2D eigenvalue weighted by atomic mass is 19.1. The molecular weight excluding hydrogens is 416 g/mol. The Balaban J connectivity index is 1.45. The van der Waals surface area contributed by atoms with E-state index in [4.69, 9.17) is 4.74 Å². The molecule has 1 aliphatic heterocycles. The van der Waals surface area contributed by atoms with Gasteiger partial charge < -0.3 is 20.7 Å². The Hall–Kier alpha value is -3.04. The molecule has 2 aromatic carbocycles. The average molecular weight is 446 g/mol. The number of hydrogen-bond acceptors (Lipinski definition) is 4. The van der Waals surface area contributed by atoms with Gasteiger partial charge in [-0.15, -0.1) is 0 Å². The second-order valence-electron chi connectivity index (χ2n) is 7.47. The van der Waals surface area contributed by atoms with Gasteiger partial charge in [-0.2, -0.15) is 0 Å². The van der Waals surface area contributed by atoms with E-state index in [1.807, 2.05) is 24.3 Å². The molecular formula is C23H29F2N5O2. The van der Waals surface area contributed by atoms with E-state index in [1.54, 1.807) is 7.05 Å². The van der Waals surface area contributed by atoms with Crippen LogP contribution in [0.1, 0.15) is 17.5 Å². The molecule has 172 valence electrons. The van der Waals surface area contributed by atoms with E-state index >= 15 is 0 Å². The van der Waals surface area contributed by atoms with Crippen LogP contribution in [0.15, 0.2) is 47.5 Å². The largest absolute Gasteiger partial charge is 0.379 e. The van der Waals surface area contributed by atoms with Crippen molar-refractivity contribution in [3.8, 4) is 0 Å². The van der Waals surface area contributed by atoms with E-state index in [-0.39, 0.29) is 18.0 Å². The Morgan fingerprint density at radius 3 is 2.66 bits per heavy atom. The fraction of sp³-hybridized carbons (Fsp3) is 0.391. The molecule has 0 unspecified atom stereocenters. The van der Waals surface area contributed by atoms with Crippen LogP contribution < -0.4 is 16.0 Å². The van der Waals surface area contributed by atoms with Crippen LogP contribution in [0, 0.1) is 11.6 Å². The molecule has 0 saturated carbocycles. The van der Waals surface area contributed by atoms with Gasteiger partial charge in [0.15, 0.2) is 5.96 Å². The molecule has 0 radical (unpaired) electrons. The van der Waals surface area contributed by atoms with Gasteiger partial charge in [0.1, 0.15) is 11.6 Å². The topological polar surface area (TPSA) is 78.0 Å². The fourth-order valence-corrected chi connectivity index (χ4v) is 3.33. The minimum Gasteiger partial charge on any atom is -0.379 e. The van der Waals surface area contributed by atoms with Crippen molar-refractivity contribution in [2.75, 3.05) is 45.2 Å². The SMILES string of the molecule is CN=C(NCc1cccc(NC(=O)CCN2CCOCC2)c1)NCc1cc(F)ccc1F. The summed E-state index contributed by atoms with van der Waals surface area (Å²) in [6.45, 7) is 4.40. The van der Waals surface area contributed by atoms with Gasteiger partial charge in [-0.25, -0.2) is 8.78 Å². The van der Waals surface area contributed by atoms with Gasteiger partial charge in [-0.3, -0.25) is 14.7 Å². The predicted octanol–water partition coefficient (Wildman–Crippen LogP) is 2.49. The summed E-state index contributed by atoms with van der Waals surface area (Å²) in [4.78, 5) is 18.6. The number of carbonyl (C=O) groups is 1. The first-order chi connectivity index (χ1) is 15.5. The van der Waals surface area contributed by atoms with Crippen molar-refractivity contribution in [3.05, 3.63) is 65.2 Å². The lowest BCUT2D eigenvalue weighted by Crippen LogP contribution is -2.38. The lowest BCUT2D eigenvalue weighted by atomic mass is 10.2. The maximum absolute atomic E-state index is 13.8. The highest BCUT2D eigenvalue weighted by Gasteiger charge is 2.12. The third kappa shape index (κ3) is 7.58. The van der Waals surface area contributed by atoms with E-state index in [0.29, 0.717) is 38.7 Å². The first kappa shape index (κ1) is 23.6. The summed E-state index contributed by atoms with van der Waals surface area (Å²) < 4.78 is 32.4. The van der Waals surface area contributed by atoms with Crippen LogP contribution in [0.4, 0.5) is 14.5 Å².